The third-order valence-corrected chi connectivity index (χ3v) is 3.59. The molecule has 0 aromatic heterocycles. The minimum absolute atomic E-state index is 0.288. The van der Waals surface area contributed by atoms with Gasteiger partial charge in [0.05, 0.1) is 0 Å². The Morgan fingerprint density at radius 3 is 2.81 bits per heavy atom. The molecule has 1 aliphatic carbocycles. The molecule has 0 bridgehead atoms. The summed E-state index contributed by atoms with van der Waals surface area (Å²) >= 11 is 0. The van der Waals surface area contributed by atoms with E-state index < -0.39 is 12.0 Å². The maximum Gasteiger partial charge on any atom is 0.247 e. The second-order valence-electron chi connectivity index (χ2n) is 4.81. The lowest BCUT2D eigenvalue weighted by atomic mass is 9.98. The van der Waals surface area contributed by atoms with E-state index in [2.05, 4.69) is 12.2 Å². The van der Waals surface area contributed by atoms with Crippen LogP contribution < -0.4 is 11.1 Å². The molecule has 1 aliphatic rings. The minimum Gasteiger partial charge on any atom is -0.382 e. The maximum atomic E-state index is 10.7. The van der Waals surface area contributed by atoms with Crippen LogP contribution >= 0.6 is 0 Å². The van der Waals surface area contributed by atoms with E-state index in [1.807, 2.05) is 0 Å². The molecular weight excluding hydrogens is 204 g/mol. The number of primary amides is 1. The SMILES string of the molecule is CCC1CCCC(NCC(O)C(N)=O)CC1. The highest BCUT2D eigenvalue weighted by Crippen LogP contribution is 2.25. The van der Waals surface area contributed by atoms with Crippen molar-refractivity contribution in [1.29, 1.82) is 0 Å². The zero-order valence-electron chi connectivity index (χ0n) is 10.1. The van der Waals surface area contributed by atoms with Crippen LogP contribution in [0.25, 0.3) is 0 Å². The molecule has 16 heavy (non-hydrogen) atoms. The molecule has 3 unspecified atom stereocenters. The molecule has 1 saturated carbocycles. The van der Waals surface area contributed by atoms with Crippen LogP contribution in [0.4, 0.5) is 0 Å². The molecule has 4 heteroatoms. The van der Waals surface area contributed by atoms with Gasteiger partial charge < -0.3 is 16.2 Å². The monoisotopic (exact) mass is 228 g/mol. The van der Waals surface area contributed by atoms with Gasteiger partial charge in [-0.15, -0.1) is 0 Å². The van der Waals surface area contributed by atoms with Crippen molar-refractivity contribution in [1.82, 2.24) is 5.32 Å². The Morgan fingerprint density at radius 1 is 1.44 bits per heavy atom. The number of rotatable bonds is 5. The first-order valence-electron chi connectivity index (χ1n) is 6.34. The average Bonchev–Trinajstić information content (AvgIpc) is 2.50. The fraction of sp³-hybridized carbons (Fsp3) is 0.917. The molecule has 0 aromatic carbocycles. The van der Waals surface area contributed by atoms with Crippen molar-refractivity contribution < 1.29 is 9.90 Å². The Morgan fingerprint density at radius 2 is 2.19 bits per heavy atom. The zero-order chi connectivity index (χ0) is 12.0. The number of aliphatic hydroxyl groups is 1. The predicted molar refractivity (Wildman–Crippen MR) is 63.9 cm³/mol. The van der Waals surface area contributed by atoms with Crippen LogP contribution in [0.1, 0.15) is 45.4 Å². The third kappa shape index (κ3) is 4.49. The molecule has 1 rings (SSSR count). The smallest absolute Gasteiger partial charge is 0.247 e. The van der Waals surface area contributed by atoms with E-state index >= 15 is 0 Å². The van der Waals surface area contributed by atoms with Crippen molar-refractivity contribution in [3.63, 3.8) is 0 Å². The molecule has 4 N–H and O–H groups in total. The highest BCUT2D eigenvalue weighted by molar-refractivity contribution is 5.78. The molecule has 1 amide bonds. The van der Waals surface area contributed by atoms with Gasteiger partial charge in [-0.3, -0.25) is 4.79 Å². The fourth-order valence-electron chi connectivity index (χ4n) is 2.37. The summed E-state index contributed by atoms with van der Waals surface area (Å²) in [6.45, 7) is 2.53. The number of hydrogen-bond acceptors (Lipinski definition) is 3. The summed E-state index contributed by atoms with van der Waals surface area (Å²) < 4.78 is 0. The van der Waals surface area contributed by atoms with Crippen molar-refractivity contribution in [3.05, 3.63) is 0 Å². The van der Waals surface area contributed by atoms with Gasteiger partial charge >= 0.3 is 0 Å². The summed E-state index contributed by atoms with van der Waals surface area (Å²) in [7, 11) is 0. The molecular formula is C12H24N2O2. The summed E-state index contributed by atoms with van der Waals surface area (Å²) in [5, 5.41) is 12.5. The van der Waals surface area contributed by atoms with Gasteiger partial charge in [0.15, 0.2) is 0 Å². The van der Waals surface area contributed by atoms with E-state index in [0.29, 0.717) is 6.04 Å². The summed E-state index contributed by atoms with van der Waals surface area (Å²) in [4.78, 5) is 10.7. The van der Waals surface area contributed by atoms with Crippen LogP contribution in [0.15, 0.2) is 0 Å². The molecule has 0 aromatic rings. The lowest BCUT2D eigenvalue weighted by Crippen LogP contribution is -2.41. The highest BCUT2D eigenvalue weighted by Gasteiger charge is 2.19. The van der Waals surface area contributed by atoms with Gasteiger partial charge in [0.25, 0.3) is 0 Å². The second-order valence-corrected chi connectivity index (χ2v) is 4.81. The van der Waals surface area contributed by atoms with Crippen LogP contribution in [-0.4, -0.2) is 29.7 Å². The summed E-state index contributed by atoms with van der Waals surface area (Å²) in [5.41, 5.74) is 5.00. The summed E-state index contributed by atoms with van der Waals surface area (Å²) in [6, 6.07) is 0.436. The Kier molecular flexibility index (Phi) is 5.77. The van der Waals surface area contributed by atoms with Gasteiger partial charge in [0.2, 0.25) is 5.91 Å². The van der Waals surface area contributed by atoms with Crippen LogP contribution in [0.2, 0.25) is 0 Å². The number of aliphatic hydroxyl groups excluding tert-OH is 1. The van der Waals surface area contributed by atoms with Crippen molar-refractivity contribution in [3.8, 4) is 0 Å². The summed E-state index contributed by atoms with van der Waals surface area (Å²) in [6.07, 6.45) is 6.30. The minimum atomic E-state index is -1.05. The molecule has 0 heterocycles. The number of hydrogen-bond donors (Lipinski definition) is 3. The van der Waals surface area contributed by atoms with E-state index in [-0.39, 0.29) is 6.54 Å². The number of carbonyl (C=O) groups is 1. The highest BCUT2D eigenvalue weighted by atomic mass is 16.3. The van der Waals surface area contributed by atoms with Crippen LogP contribution in [-0.2, 0) is 4.79 Å². The van der Waals surface area contributed by atoms with Gasteiger partial charge in [0, 0.05) is 12.6 Å². The Labute approximate surface area is 97.6 Å². The second kappa shape index (κ2) is 6.86. The molecule has 0 aliphatic heterocycles. The normalized spacial score (nSPS) is 28.4. The van der Waals surface area contributed by atoms with E-state index in [1.165, 1.54) is 25.7 Å². The van der Waals surface area contributed by atoms with Crippen LogP contribution in [0.5, 0.6) is 0 Å². The third-order valence-electron chi connectivity index (χ3n) is 3.59. The van der Waals surface area contributed by atoms with Crippen molar-refractivity contribution in [2.75, 3.05) is 6.54 Å². The molecule has 0 saturated heterocycles. The van der Waals surface area contributed by atoms with E-state index in [4.69, 9.17) is 5.73 Å². The molecule has 3 atom stereocenters. The van der Waals surface area contributed by atoms with Crippen molar-refractivity contribution in [2.45, 2.75) is 57.6 Å². The average molecular weight is 228 g/mol. The Hall–Kier alpha value is -0.610. The molecule has 0 radical (unpaired) electrons. The van der Waals surface area contributed by atoms with E-state index in [9.17, 15) is 9.90 Å². The van der Waals surface area contributed by atoms with Gasteiger partial charge in [-0.1, -0.05) is 26.2 Å². The Bertz CT molecular complexity index is 221. The lowest BCUT2D eigenvalue weighted by Gasteiger charge is -2.18. The topological polar surface area (TPSA) is 75.3 Å². The molecule has 94 valence electrons. The van der Waals surface area contributed by atoms with E-state index in [1.54, 1.807) is 0 Å². The quantitative estimate of drug-likeness (QED) is 0.609. The number of amides is 1. The Balaban J connectivity index is 2.25. The van der Waals surface area contributed by atoms with Gasteiger partial charge in [0.1, 0.15) is 6.10 Å². The first-order chi connectivity index (χ1) is 7.63. The van der Waals surface area contributed by atoms with E-state index in [0.717, 1.165) is 18.8 Å². The predicted octanol–water partition coefficient (Wildman–Crippen LogP) is 0.781. The molecule has 1 fully saturated rings. The number of carbonyl (C=O) groups excluding carboxylic acids is 1. The van der Waals surface area contributed by atoms with Gasteiger partial charge in [-0.25, -0.2) is 0 Å². The maximum absolute atomic E-state index is 10.7. The van der Waals surface area contributed by atoms with Crippen LogP contribution in [0.3, 0.4) is 0 Å². The summed E-state index contributed by atoms with van der Waals surface area (Å²) in [5.74, 6) is 0.209. The standard InChI is InChI=1S/C12H24N2O2/c1-2-9-4-3-5-10(7-6-9)14-8-11(15)12(13)16/h9-11,14-15H,2-8H2,1H3,(H2,13,16). The number of nitrogens with two attached hydrogens (primary N) is 1. The first-order valence-corrected chi connectivity index (χ1v) is 6.34. The van der Waals surface area contributed by atoms with Crippen molar-refractivity contribution >= 4 is 5.91 Å². The van der Waals surface area contributed by atoms with Gasteiger partial charge in [-0.05, 0) is 25.2 Å². The fourth-order valence-corrected chi connectivity index (χ4v) is 2.37. The van der Waals surface area contributed by atoms with Crippen molar-refractivity contribution in [2.24, 2.45) is 11.7 Å². The lowest BCUT2D eigenvalue weighted by molar-refractivity contribution is -0.125. The first kappa shape index (κ1) is 13.5. The number of nitrogens with one attached hydrogen (secondary N) is 1. The zero-order valence-corrected chi connectivity index (χ0v) is 10.1. The molecule has 0 spiro atoms. The molecule has 4 nitrogen and oxygen atoms in total. The largest absolute Gasteiger partial charge is 0.382 e. The van der Waals surface area contributed by atoms with Crippen LogP contribution in [0, 0.1) is 5.92 Å². The van der Waals surface area contributed by atoms with Gasteiger partial charge in [-0.2, -0.15) is 0 Å².